The molecule has 0 spiro atoms. The Hall–Kier alpha value is -3.88. The van der Waals surface area contributed by atoms with Crippen molar-refractivity contribution in [2.75, 3.05) is 40.6 Å². The second-order valence-corrected chi connectivity index (χ2v) is 14.0. The number of halogens is 1. The standard InChI is InChI=1S/C14H13BrN2O3S.C14H15N3O3S/c2*1-10-3-2-4-11(9-10)21(18,19)17-7-8-20-12-5-6-13(15)16-14(12)17/h2-6,9H,7-8H2,1H3;2-6,9H,7-8H2,1H3,(H2,15,16). The number of rotatable bonds is 4. The molecule has 220 valence electrons. The smallest absolute Gasteiger partial charge is 0.265 e. The van der Waals surface area contributed by atoms with Crippen molar-refractivity contribution in [3.63, 3.8) is 0 Å². The molecule has 6 rings (SSSR count). The molecule has 42 heavy (non-hydrogen) atoms. The Morgan fingerprint density at radius 1 is 0.714 bits per heavy atom. The molecule has 0 saturated carbocycles. The number of aromatic nitrogens is 2. The topological polar surface area (TPSA) is 145 Å². The summed E-state index contributed by atoms with van der Waals surface area (Å²) < 4.78 is 65.3. The molecule has 2 aromatic carbocycles. The van der Waals surface area contributed by atoms with Crippen molar-refractivity contribution in [1.82, 2.24) is 9.97 Å². The van der Waals surface area contributed by atoms with Gasteiger partial charge >= 0.3 is 0 Å². The maximum absolute atomic E-state index is 12.8. The highest BCUT2D eigenvalue weighted by atomic mass is 79.9. The van der Waals surface area contributed by atoms with E-state index in [2.05, 4.69) is 25.9 Å². The number of nitrogens with zero attached hydrogens (tertiary/aromatic N) is 4. The van der Waals surface area contributed by atoms with Crippen LogP contribution < -0.4 is 23.8 Å². The van der Waals surface area contributed by atoms with E-state index in [1.165, 1.54) is 8.61 Å². The van der Waals surface area contributed by atoms with Gasteiger partial charge in [-0.3, -0.25) is 0 Å². The fourth-order valence-corrected chi connectivity index (χ4v) is 7.73. The summed E-state index contributed by atoms with van der Waals surface area (Å²) in [6.07, 6.45) is 0. The number of anilines is 3. The van der Waals surface area contributed by atoms with Gasteiger partial charge in [0, 0.05) is 0 Å². The van der Waals surface area contributed by atoms with Crippen molar-refractivity contribution in [3.05, 3.63) is 88.5 Å². The van der Waals surface area contributed by atoms with E-state index < -0.39 is 20.0 Å². The number of ether oxygens (including phenoxy) is 2. The Balaban J connectivity index is 0.000000168. The van der Waals surface area contributed by atoms with Crippen LogP contribution in [0, 0.1) is 13.8 Å². The molecule has 2 N–H and O–H groups in total. The number of pyridine rings is 2. The summed E-state index contributed by atoms with van der Waals surface area (Å²) in [5.41, 5.74) is 7.44. The molecular weight excluding hydrogens is 646 g/mol. The van der Waals surface area contributed by atoms with Crippen molar-refractivity contribution in [3.8, 4) is 11.5 Å². The van der Waals surface area contributed by atoms with Crippen LogP contribution >= 0.6 is 15.9 Å². The van der Waals surface area contributed by atoms with E-state index in [1.807, 2.05) is 26.0 Å². The zero-order valence-electron chi connectivity index (χ0n) is 22.8. The van der Waals surface area contributed by atoms with Crippen LogP contribution in [0.15, 0.2) is 87.2 Å². The Morgan fingerprint density at radius 3 is 1.69 bits per heavy atom. The fraction of sp³-hybridized carbons (Fsp3) is 0.214. The van der Waals surface area contributed by atoms with Crippen LogP contribution in [0.4, 0.5) is 17.5 Å². The van der Waals surface area contributed by atoms with Crippen LogP contribution in [0.5, 0.6) is 11.5 Å². The Bertz CT molecular complexity index is 1720. The molecule has 4 heterocycles. The Kier molecular flexibility index (Phi) is 8.30. The summed E-state index contributed by atoms with van der Waals surface area (Å²) in [4.78, 5) is 8.85. The van der Waals surface area contributed by atoms with Gasteiger partial charge in [0.25, 0.3) is 20.0 Å². The average molecular weight is 675 g/mol. The number of hydrogen-bond donors (Lipinski definition) is 1. The van der Waals surface area contributed by atoms with E-state index in [1.54, 1.807) is 60.7 Å². The highest BCUT2D eigenvalue weighted by Gasteiger charge is 2.32. The number of fused-ring (bicyclic) bond motifs is 2. The quantitative estimate of drug-likeness (QED) is 0.313. The minimum absolute atomic E-state index is 0.208. The average Bonchev–Trinajstić information content (AvgIpc) is 2.96. The molecule has 0 aliphatic carbocycles. The van der Waals surface area contributed by atoms with Crippen LogP contribution in [-0.2, 0) is 20.0 Å². The fourth-order valence-electron chi connectivity index (χ4n) is 4.41. The molecule has 2 aliphatic heterocycles. The van der Waals surface area contributed by atoms with Gasteiger partial charge in [-0.1, -0.05) is 24.3 Å². The maximum Gasteiger partial charge on any atom is 0.265 e. The normalized spacial score (nSPS) is 14.5. The Labute approximate surface area is 253 Å². The monoisotopic (exact) mass is 673 g/mol. The van der Waals surface area contributed by atoms with E-state index in [4.69, 9.17) is 15.2 Å². The van der Waals surface area contributed by atoms with Gasteiger partial charge in [0.05, 0.1) is 22.9 Å². The molecule has 2 aromatic heterocycles. The predicted molar refractivity (Wildman–Crippen MR) is 163 cm³/mol. The highest BCUT2D eigenvalue weighted by molar-refractivity contribution is 9.10. The molecule has 0 amide bonds. The number of hydrogen-bond acceptors (Lipinski definition) is 9. The van der Waals surface area contributed by atoms with Gasteiger partial charge in [-0.15, -0.1) is 0 Å². The van der Waals surface area contributed by atoms with Gasteiger partial charge in [0.15, 0.2) is 23.1 Å². The first-order chi connectivity index (χ1) is 20.0. The van der Waals surface area contributed by atoms with E-state index in [0.29, 0.717) is 28.5 Å². The van der Waals surface area contributed by atoms with E-state index in [9.17, 15) is 16.8 Å². The first-order valence-electron chi connectivity index (χ1n) is 12.8. The lowest BCUT2D eigenvalue weighted by molar-refractivity contribution is 0.313. The van der Waals surface area contributed by atoms with Crippen molar-refractivity contribution < 1.29 is 26.3 Å². The van der Waals surface area contributed by atoms with Crippen molar-refractivity contribution in [1.29, 1.82) is 0 Å². The van der Waals surface area contributed by atoms with Crippen LogP contribution in [0.25, 0.3) is 0 Å². The largest absolute Gasteiger partial charge is 0.488 e. The third-order valence-corrected chi connectivity index (χ3v) is 10.4. The summed E-state index contributed by atoms with van der Waals surface area (Å²) in [6.45, 7) is 4.75. The third kappa shape index (κ3) is 6.01. The molecule has 11 nitrogen and oxygen atoms in total. The van der Waals surface area contributed by atoms with Gasteiger partial charge in [-0.25, -0.2) is 35.4 Å². The lowest BCUT2D eigenvalue weighted by Gasteiger charge is -2.29. The SMILES string of the molecule is Cc1cccc(S(=O)(=O)N2CCOc3ccc(Br)nc32)c1.Cc1cccc(S(=O)(=O)N2CCOc3ccc(N)nc32)c1. The third-order valence-electron chi connectivity index (χ3n) is 6.40. The van der Waals surface area contributed by atoms with Gasteiger partial charge < -0.3 is 15.2 Å². The van der Waals surface area contributed by atoms with E-state index >= 15 is 0 Å². The van der Waals surface area contributed by atoms with Crippen molar-refractivity contribution in [2.24, 2.45) is 0 Å². The number of aryl methyl sites for hydroxylation is 2. The highest BCUT2D eigenvalue weighted by Crippen LogP contribution is 2.35. The second kappa shape index (κ2) is 11.8. The molecule has 0 unspecified atom stereocenters. The van der Waals surface area contributed by atoms with Crippen LogP contribution in [0.2, 0.25) is 0 Å². The summed E-state index contributed by atoms with van der Waals surface area (Å²) in [6, 6.07) is 20.3. The molecule has 2 aliphatic rings. The molecule has 4 aromatic rings. The first-order valence-corrected chi connectivity index (χ1v) is 16.5. The molecular formula is C28H28BrN5O6S2. The summed E-state index contributed by atoms with van der Waals surface area (Å²) in [7, 11) is -7.32. The minimum atomic E-state index is -3.68. The Morgan fingerprint density at radius 2 is 1.19 bits per heavy atom. The van der Waals surface area contributed by atoms with Crippen LogP contribution in [0.3, 0.4) is 0 Å². The lowest BCUT2D eigenvalue weighted by Crippen LogP contribution is -2.38. The maximum atomic E-state index is 12.8. The first kappa shape index (κ1) is 29.6. The summed E-state index contributed by atoms with van der Waals surface area (Å²) >= 11 is 3.26. The van der Waals surface area contributed by atoms with Crippen LogP contribution in [0.1, 0.15) is 11.1 Å². The summed E-state index contributed by atoms with van der Waals surface area (Å²) in [5.74, 6) is 1.70. The number of nitrogens with two attached hydrogens (primary N) is 1. The molecule has 0 radical (unpaired) electrons. The second-order valence-electron chi connectivity index (χ2n) is 9.50. The minimum Gasteiger partial charge on any atom is -0.488 e. The molecule has 0 saturated heterocycles. The predicted octanol–water partition coefficient (Wildman–Crippen LogP) is 4.30. The number of nitrogen functional groups attached to an aromatic ring is 1. The zero-order chi connectivity index (χ0) is 30.1. The van der Waals surface area contributed by atoms with Gasteiger partial charge in [0.1, 0.15) is 23.6 Å². The molecule has 0 bridgehead atoms. The van der Waals surface area contributed by atoms with E-state index in [0.717, 1.165) is 11.1 Å². The van der Waals surface area contributed by atoms with Crippen molar-refractivity contribution >= 4 is 53.4 Å². The zero-order valence-corrected chi connectivity index (χ0v) is 26.0. The molecule has 0 atom stereocenters. The van der Waals surface area contributed by atoms with E-state index in [-0.39, 0.29) is 41.1 Å². The molecule has 14 heteroatoms. The van der Waals surface area contributed by atoms with Gasteiger partial charge in [-0.05, 0) is 89.4 Å². The molecule has 0 fully saturated rings. The lowest BCUT2D eigenvalue weighted by atomic mass is 10.2. The van der Waals surface area contributed by atoms with Crippen molar-refractivity contribution in [2.45, 2.75) is 23.6 Å². The van der Waals surface area contributed by atoms with Crippen LogP contribution in [-0.4, -0.2) is 53.1 Å². The number of benzene rings is 2. The van der Waals surface area contributed by atoms with Gasteiger partial charge in [-0.2, -0.15) is 0 Å². The summed E-state index contributed by atoms with van der Waals surface area (Å²) in [5, 5.41) is 0. The van der Waals surface area contributed by atoms with Gasteiger partial charge in [0.2, 0.25) is 0 Å². The number of sulfonamides is 2.